The summed E-state index contributed by atoms with van der Waals surface area (Å²) in [5.41, 5.74) is 1.55. The van der Waals surface area contributed by atoms with Crippen molar-refractivity contribution < 1.29 is 9.59 Å². The van der Waals surface area contributed by atoms with Gasteiger partial charge < -0.3 is 15.1 Å². The van der Waals surface area contributed by atoms with Crippen molar-refractivity contribution in [3.05, 3.63) is 41.6 Å². The molecule has 1 aromatic heterocycles. The molecule has 1 N–H and O–H groups in total. The number of ketones is 1. The fourth-order valence-corrected chi connectivity index (χ4v) is 2.06. The SMILES string of the molecule is CC(=O)c1ccc(C(=O)Nc2cnc(N(C)C)nc2N(C)C)cc1. The third-order valence-electron chi connectivity index (χ3n) is 3.38. The number of carbonyl (C=O) groups excluding carboxylic acids is 2. The number of rotatable bonds is 5. The van der Waals surface area contributed by atoms with E-state index in [1.54, 1.807) is 35.4 Å². The summed E-state index contributed by atoms with van der Waals surface area (Å²) in [6.45, 7) is 1.49. The third-order valence-corrected chi connectivity index (χ3v) is 3.38. The molecule has 0 aliphatic carbocycles. The minimum Gasteiger partial charge on any atom is -0.361 e. The Balaban J connectivity index is 2.26. The smallest absolute Gasteiger partial charge is 0.255 e. The van der Waals surface area contributed by atoms with E-state index in [9.17, 15) is 9.59 Å². The van der Waals surface area contributed by atoms with E-state index < -0.39 is 0 Å². The van der Waals surface area contributed by atoms with Crippen LogP contribution in [0.15, 0.2) is 30.5 Å². The maximum Gasteiger partial charge on any atom is 0.255 e. The van der Waals surface area contributed by atoms with Crippen molar-refractivity contribution in [2.24, 2.45) is 0 Å². The van der Waals surface area contributed by atoms with E-state index in [0.29, 0.717) is 28.6 Å². The van der Waals surface area contributed by atoms with Crippen LogP contribution in [0.4, 0.5) is 17.5 Å². The van der Waals surface area contributed by atoms with Crippen LogP contribution < -0.4 is 15.1 Å². The fourth-order valence-electron chi connectivity index (χ4n) is 2.06. The first-order valence-corrected chi connectivity index (χ1v) is 7.43. The summed E-state index contributed by atoms with van der Waals surface area (Å²) in [6, 6.07) is 6.51. The second-order valence-corrected chi connectivity index (χ2v) is 5.78. The summed E-state index contributed by atoms with van der Waals surface area (Å²) < 4.78 is 0. The van der Waals surface area contributed by atoms with Gasteiger partial charge in [0.25, 0.3) is 5.91 Å². The summed E-state index contributed by atoms with van der Waals surface area (Å²) in [6.07, 6.45) is 1.58. The van der Waals surface area contributed by atoms with Gasteiger partial charge in [-0.05, 0) is 19.1 Å². The van der Waals surface area contributed by atoms with Crippen LogP contribution in [0.25, 0.3) is 0 Å². The maximum atomic E-state index is 12.4. The van der Waals surface area contributed by atoms with Gasteiger partial charge >= 0.3 is 0 Å². The molecule has 0 atom stereocenters. The molecule has 0 aliphatic heterocycles. The van der Waals surface area contributed by atoms with Crippen LogP contribution in [0.2, 0.25) is 0 Å². The molecule has 0 spiro atoms. The number of hydrogen-bond acceptors (Lipinski definition) is 6. The highest BCUT2D eigenvalue weighted by molar-refractivity contribution is 6.06. The number of amides is 1. The fraction of sp³-hybridized carbons (Fsp3) is 0.294. The van der Waals surface area contributed by atoms with Gasteiger partial charge in [0.15, 0.2) is 11.6 Å². The van der Waals surface area contributed by atoms with Crippen LogP contribution >= 0.6 is 0 Å². The molecule has 1 heterocycles. The van der Waals surface area contributed by atoms with E-state index in [4.69, 9.17) is 0 Å². The van der Waals surface area contributed by atoms with Gasteiger partial charge in [0.2, 0.25) is 5.95 Å². The van der Waals surface area contributed by atoms with Gasteiger partial charge in [0.1, 0.15) is 5.69 Å². The summed E-state index contributed by atoms with van der Waals surface area (Å²) in [5.74, 6) is 0.851. The Morgan fingerprint density at radius 2 is 1.54 bits per heavy atom. The van der Waals surface area contributed by atoms with Crippen molar-refractivity contribution in [2.45, 2.75) is 6.92 Å². The number of Topliss-reactive ketones (excluding diaryl/α,β-unsaturated/α-hetero) is 1. The minimum absolute atomic E-state index is 0.0375. The summed E-state index contributed by atoms with van der Waals surface area (Å²) >= 11 is 0. The van der Waals surface area contributed by atoms with Crippen LogP contribution in [-0.2, 0) is 0 Å². The first kappa shape index (κ1) is 17.4. The van der Waals surface area contributed by atoms with Crippen LogP contribution in [0.3, 0.4) is 0 Å². The van der Waals surface area contributed by atoms with Crippen LogP contribution in [0, 0.1) is 0 Å². The molecule has 0 bridgehead atoms. The molecule has 0 aliphatic rings. The lowest BCUT2D eigenvalue weighted by Gasteiger charge is -2.19. The summed E-state index contributed by atoms with van der Waals surface area (Å²) in [7, 11) is 7.39. The van der Waals surface area contributed by atoms with Crippen LogP contribution in [-0.4, -0.2) is 49.8 Å². The lowest BCUT2D eigenvalue weighted by molar-refractivity contribution is 0.101. The Kier molecular flexibility index (Phi) is 5.13. The molecule has 7 heteroatoms. The first-order valence-electron chi connectivity index (χ1n) is 7.43. The maximum absolute atomic E-state index is 12.4. The number of hydrogen-bond donors (Lipinski definition) is 1. The molecule has 126 valence electrons. The van der Waals surface area contributed by atoms with E-state index in [0.717, 1.165) is 0 Å². The zero-order valence-electron chi connectivity index (χ0n) is 14.5. The van der Waals surface area contributed by atoms with Gasteiger partial charge in [-0.1, -0.05) is 12.1 Å². The van der Waals surface area contributed by atoms with Gasteiger partial charge in [-0.15, -0.1) is 0 Å². The Hall–Kier alpha value is -2.96. The molecule has 0 unspecified atom stereocenters. The van der Waals surface area contributed by atoms with Gasteiger partial charge in [0.05, 0.1) is 6.20 Å². The van der Waals surface area contributed by atoms with E-state index in [1.165, 1.54) is 6.92 Å². The monoisotopic (exact) mass is 327 g/mol. The second-order valence-electron chi connectivity index (χ2n) is 5.78. The van der Waals surface area contributed by atoms with Crippen molar-refractivity contribution in [1.82, 2.24) is 9.97 Å². The molecular weight excluding hydrogens is 306 g/mol. The van der Waals surface area contributed by atoms with Crippen molar-refractivity contribution >= 4 is 29.1 Å². The van der Waals surface area contributed by atoms with Crippen molar-refractivity contribution in [2.75, 3.05) is 43.3 Å². The Bertz CT molecular complexity index is 754. The van der Waals surface area contributed by atoms with Crippen molar-refractivity contribution in [1.29, 1.82) is 0 Å². The van der Waals surface area contributed by atoms with Gasteiger partial charge in [0, 0.05) is 39.3 Å². The van der Waals surface area contributed by atoms with Crippen molar-refractivity contribution in [3.63, 3.8) is 0 Å². The largest absolute Gasteiger partial charge is 0.361 e. The lowest BCUT2D eigenvalue weighted by atomic mass is 10.1. The minimum atomic E-state index is -0.283. The molecule has 1 aromatic carbocycles. The molecule has 0 saturated carbocycles. The molecule has 0 saturated heterocycles. The summed E-state index contributed by atoms with van der Waals surface area (Å²) in [4.78, 5) is 36.0. The molecular formula is C17H21N5O2. The third kappa shape index (κ3) is 3.87. The summed E-state index contributed by atoms with van der Waals surface area (Å²) in [5, 5.41) is 2.81. The highest BCUT2D eigenvalue weighted by atomic mass is 16.1. The zero-order chi connectivity index (χ0) is 17.9. The van der Waals surface area contributed by atoms with Gasteiger partial charge in [-0.3, -0.25) is 9.59 Å². The van der Waals surface area contributed by atoms with E-state index in [-0.39, 0.29) is 11.7 Å². The quantitative estimate of drug-likeness (QED) is 0.847. The van der Waals surface area contributed by atoms with Crippen LogP contribution in [0.1, 0.15) is 27.6 Å². The molecule has 0 fully saturated rings. The molecule has 2 rings (SSSR count). The predicted octanol–water partition coefficient (Wildman–Crippen LogP) is 2.06. The normalized spacial score (nSPS) is 10.2. The Labute approximate surface area is 141 Å². The predicted molar refractivity (Wildman–Crippen MR) is 95.1 cm³/mol. The second kappa shape index (κ2) is 7.08. The molecule has 7 nitrogen and oxygen atoms in total. The number of aromatic nitrogens is 2. The lowest BCUT2D eigenvalue weighted by Crippen LogP contribution is -2.21. The van der Waals surface area contributed by atoms with Gasteiger partial charge in [-0.2, -0.15) is 4.98 Å². The standard InChI is InChI=1S/C17H21N5O2/c1-11(23)12-6-8-13(9-7-12)16(24)19-14-10-18-17(22(4)5)20-15(14)21(2)3/h6-10H,1-5H3,(H,19,24). The topological polar surface area (TPSA) is 78.4 Å². The van der Waals surface area contributed by atoms with E-state index in [1.807, 2.05) is 33.1 Å². The molecule has 2 aromatic rings. The molecule has 1 amide bonds. The Morgan fingerprint density at radius 1 is 0.958 bits per heavy atom. The van der Waals surface area contributed by atoms with Crippen LogP contribution in [0.5, 0.6) is 0 Å². The highest BCUT2D eigenvalue weighted by Crippen LogP contribution is 2.23. The number of anilines is 3. The number of carbonyl (C=O) groups is 2. The number of nitrogens with one attached hydrogen (secondary N) is 1. The molecule has 0 radical (unpaired) electrons. The highest BCUT2D eigenvalue weighted by Gasteiger charge is 2.14. The van der Waals surface area contributed by atoms with E-state index >= 15 is 0 Å². The average Bonchev–Trinajstić information content (AvgIpc) is 2.54. The Morgan fingerprint density at radius 3 is 2.04 bits per heavy atom. The molecule has 24 heavy (non-hydrogen) atoms. The first-order chi connectivity index (χ1) is 11.3. The van der Waals surface area contributed by atoms with E-state index in [2.05, 4.69) is 15.3 Å². The van der Waals surface area contributed by atoms with Gasteiger partial charge in [-0.25, -0.2) is 4.98 Å². The van der Waals surface area contributed by atoms with Crippen molar-refractivity contribution in [3.8, 4) is 0 Å². The number of nitrogens with zero attached hydrogens (tertiary/aromatic N) is 4. The zero-order valence-corrected chi connectivity index (χ0v) is 14.5. The average molecular weight is 327 g/mol. The number of benzene rings is 1.